The summed E-state index contributed by atoms with van der Waals surface area (Å²) in [7, 11) is -3.23. The van der Waals surface area contributed by atoms with Gasteiger partial charge in [-0.25, -0.2) is 13.1 Å². The van der Waals surface area contributed by atoms with Crippen molar-refractivity contribution >= 4 is 21.6 Å². The lowest BCUT2D eigenvalue weighted by Gasteiger charge is -2.33. The van der Waals surface area contributed by atoms with Gasteiger partial charge in [0.1, 0.15) is 0 Å². The van der Waals surface area contributed by atoms with Crippen LogP contribution in [0, 0.1) is 0 Å². The van der Waals surface area contributed by atoms with Crippen molar-refractivity contribution in [1.29, 1.82) is 0 Å². The molecular formula is C8H16ClNO3S. The lowest BCUT2D eigenvalue weighted by atomic mass is 9.94. The highest BCUT2D eigenvalue weighted by atomic mass is 35.5. The summed E-state index contributed by atoms with van der Waals surface area (Å²) in [6.07, 6.45) is 1.43. The molecule has 1 fully saturated rings. The van der Waals surface area contributed by atoms with Crippen LogP contribution in [0.15, 0.2) is 0 Å². The molecule has 6 heteroatoms. The van der Waals surface area contributed by atoms with Gasteiger partial charge in [0, 0.05) is 24.6 Å². The molecule has 1 N–H and O–H groups in total. The summed E-state index contributed by atoms with van der Waals surface area (Å²) in [5.74, 6) is 0.104. The van der Waals surface area contributed by atoms with E-state index < -0.39 is 10.0 Å². The molecule has 1 aliphatic rings. The predicted octanol–water partition coefficient (Wildman–Crippen LogP) is 0.714. The van der Waals surface area contributed by atoms with E-state index >= 15 is 0 Å². The predicted molar refractivity (Wildman–Crippen MR) is 56.1 cm³/mol. The van der Waals surface area contributed by atoms with Gasteiger partial charge in [-0.15, -0.1) is 11.6 Å². The summed E-state index contributed by atoms with van der Waals surface area (Å²) in [6.45, 7) is 3.13. The average Bonchev–Trinajstić information content (AvgIpc) is 2.02. The molecule has 0 aliphatic carbocycles. The summed E-state index contributed by atoms with van der Waals surface area (Å²) in [6, 6.07) is 0. The first-order valence-electron chi connectivity index (χ1n) is 4.63. The van der Waals surface area contributed by atoms with Crippen LogP contribution < -0.4 is 4.72 Å². The fourth-order valence-electron chi connectivity index (χ4n) is 1.45. The van der Waals surface area contributed by atoms with Crippen molar-refractivity contribution < 1.29 is 13.2 Å². The summed E-state index contributed by atoms with van der Waals surface area (Å²) < 4.78 is 30.8. The number of hydrogen-bond donors (Lipinski definition) is 1. The van der Waals surface area contributed by atoms with Crippen LogP contribution >= 0.6 is 11.6 Å². The topological polar surface area (TPSA) is 55.4 Å². The van der Waals surface area contributed by atoms with Gasteiger partial charge in [-0.1, -0.05) is 0 Å². The first-order valence-corrected chi connectivity index (χ1v) is 6.81. The van der Waals surface area contributed by atoms with Gasteiger partial charge in [0.2, 0.25) is 10.0 Å². The Hall–Kier alpha value is 0.160. The third-order valence-electron chi connectivity index (χ3n) is 2.34. The van der Waals surface area contributed by atoms with E-state index in [-0.39, 0.29) is 17.2 Å². The van der Waals surface area contributed by atoms with Crippen LogP contribution in [0.4, 0.5) is 0 Å². The first kappa shape index (κ1) is 12.2. The summed E-state index contributed by atoms with van der Waals surface area (Å²) >= 11 is 5.41. The van der Waals surface area contributed by atoms with Crippen LogP contribution in [0.3, 0.4) is 0 Å². The fourth-order valence-corrected chi connectivity index (χ4v) is 3.32. The van der Waals surface area contributed by atoms with E-state index in [1.54, 1.807) is 0 Å². The highest BCUT2D eigenvalue weighted by Crippen LogP contribution is 2.20. The zero-order valence-electron chi connectivity index (χ0n) is 8.25. The molecule has 1 rings (SSSR count). The van der Waals surface area contributed by atoms with Crippen molar-refractivity contribution in [2.75, 3.05) is 24.8 Å². The minimum Gasteiger partial charge on any atom is -0.381 e. The lowest BCUT2D eigenvalue weighted by molar-refractivity contribution is 0.0538. The Labute approximate surface area is 90.0 Å². The number of ether oxygens (including phenoxy) is 1. The van der Waals surface area contributed by atoms with Gasteiger partial charge in [-0.05, 0) is 19.8 Å². The van der Waals surface area contributed by atoms with Gasteiger partial charge < -0.3 is 4.74 Å². The van der Waals surface area contributed by atoms with Crippen LogP contribution in [0.5, 0.6) is 0 Å². The molecule has 0 amide bonds. The Morgan fingerprint density at radius 1 is 1.43 bits per heavy atom. The standard InChI is InChI=1S/C8H16ClNO3S/c1-8(2-5-13-6-3-8)10-14(11,12)7-4-9/h10H,2-7H2,1H3. The first-order chi connectivity index (χ1) is 6.47. The largest absolute Gasteiger partial charge is 0.381 e. The van der Waals surface area contributed by atoms with Gasteiger partial charge in [-0.2, -0.15) is 0 Å². The molecule has 84 valence electrons. The Balaban J connectivity index is 2.57. The Morgan fingerprint density at radius 3 is 2.50 bits per heavy atom. The van der Waals surface area contributed by atoms with Gasteiger partial charge in [0.05, 0.1) is 5.75 Å². The zero-order chi connectivity index (χ0) is 10.7. The number of hydrogen-bond acceptors (Lipinski definition) is 3. The van der Waals surface area contributed by atoms with Crippen LogP contribution in [0.2, 0.25) is 0 Å². The van der Waals surface area contributed by atoms with Crippen LogP contribution in [0.1, 0.15) is 19.8 Å². The average molecular weight is 242 g/mol. The number of halogens is 1. The van der Waals surface area contributed by atoms with Gasteiger partial charge >= 0.3 is 0 Å². The minimum absolute atomic E-state index is 0.0228. The van der Waals surface area contributed by atoms with Gasteiger partial charge in [0.15, 0.2) is 0 Å². The van der Waals surface area contributed by atoms with Crippen molar-refractivity contribution in [2.24, 2.45) is 0 Å². The molecule has 1 heterocycles. The molecule has 1 saturated heterocycles. The molecule has 0 aromatic carbocycles. The quantitative estimate of drug-likeness (QED) is 0.738. The molecular weight excluding hydrogens is 226 g/mol. The minimum atomic E-state index is -3.23. The molecule has 0 radical (unpaired) electrons. The smallest absolute Gasteiger partial charge is 0.213 e. The number of alkyl halides is 1. The van der Waals surface area contributed by atoms with Crippen molar-refractivity contribution in [3.05, 3.63) is 0 Å². The second-order valence-corrected chi connectivity index (χ2v) is 6.00. The van der Waals surface area contributed by atoms with Crippen LogP contribution in [-0.2, 0) is 14.8 Å². The monoisotopic (exact) mass is 241 g/mol. The second kappa shape index (κ2) is 4.79. The Kier molecular flexibility index (Phi) is 4.18. The Morgan fingerprint density at radius 2 is 2.00 bits per heavy atom. The van der Waals surface area contributed by atoms with Crippen molar-refractivity contribution in [3.8, 4) is 0 Å². The summed E-state index contributed by atoms with van der Waals surface area (Å²) in [4.78, 5) is 0. The van der Waals surface area contributed by atoms with E-state index in [0.29, 0.717) is 26.1 Å². The number of sulfonamides is 1. The molecule has 0 unspecified atom stereocenters. The molecule has 0 saturated carbocycles. The molecule has 0 aromatic heterocycles. The van der Waals surface area contributed by atoms with E-state index in [0.717, 1.165) is 0 Å². The van der Waals surface area contributed by atoms with Gasteiger partial charge in [-0.3, -0.25) is 0 Å². The van der Waals surface area contributed by atoms with E-state index in [1.165, 1.54) is 0 Å². The van der Waals surface area contributed by atoms with E-state index in [4.69, 9.17) is 16.3 Å². The summed E-state index contributed by atoms with van der Waals surface area (Å²) in [5.41, 5.74) is -0.358. The molecule has 4 nitrogen and oxygen atoms in total. The molecule has 0 atom stereocenters. The molecule has 0 spiro atoms. The molecule has 0 bridgehead atoms. The third-order valence-corrected chi connectivity index (χ3v) is 4.30. The summed E-state index contributed by atoms with van der Waals surface area (Å²) in [5, 5.41) is 0. The SMILES string of the molecule is CC1(NS(=O)(=O)CCCl)CCOCC1. The van der Waals surface area contributed by atoms with Crippen molar-refractivity contribution in [1.82, 2.24) is 4.72 Å². The van der Waals surface area contributed by atoms with Crippen LogP contribution in [-0.4, -0.2) is 38.8 Å². The third kappa shape index (κ3) is 3.73. The number of nitrogens with one attached hydrogen (secondary N) is 1. The molecule has 14 heavy (non-hydrogen) atoms. The van der Waals surface area contributed by atoms with Gasteiger partial charge in [0.25, 0.3) is 0 Å². The van der Waals surface area contributed by atoms with Crippen molar-refractivity contribution in [2.45, 2.75) is 25.3 Å². The highest BCUT2D eigenvalue weighted by molar-refractivity contribution is 7.89. The lowest BCUT2D eigenvalue weighted by Crippen LogP contribution is -2.50. The zero-order valence-corrected chi connectivity index (χ0v) is 9.83. The van der Waals surface area contributed by atoms with Crippen LogP contribution in [0.25, 0.3) is 0 Å². The van der Waals surface area contributed by atoms with E-state index in [1.807, 2.05) is 6.92 Å². The van der Waals surface area contributed by atoms with E-state index in [9.17, 15) is 8.42 Å². The maximum atomic E-state index is 11.5. The van der Waals surface area contributed by atoms with E-state index in [2.05, 4.69) is 4.72 Å². The normalized spacial score (nSPS) is 22.1. The molecule has 0 aromatic rings. The van der Waals surface area contributed by atoms with Crippen molar-refractivity contribution in [3.63, 3.8) is 0 Å². The Bertz CT molecular complexity index is 272. The number of rotatable bonds is 4. The molecule has 1 aliphatic heterocycles. The highest BCUT2D eigenvalue weighted by Gasteiger charge is 2.31. The maximum Gasteiger partial charge on any atom is 0.213 e. The fraction of sp³-hybridized carbons (Fsp3) is 1.00. The second-order valence-electron chi connectivity index (χ2n) is 3.78. The maximum absolute atomic E-state index is 11.5.